The van der Waals surface area contributed by atoms with Gasteiger partial charge in [-0.05, 0) is 6.92 Å². The summed E-state index contributed by atoms with van der Waals surface area (Å²) in [4.78, 5) is 21.5. The fourth-order valence-corrected chi connectivity index (χ4v) is 0.925. The Balaban J connectivity index is 2.49. The standard InChI is InChI=1S/C8H10O4/c1-3-7(9)12-6-4-11-8(10)5(6)2/h3,5-6H,1,4H2,2H3. The molecule has 1 aliphatic rings. The van der Waals surface area contributed by atoms with E-state index in [1.165, 1.54) is 0 Å². The summed E-state index contributed by atoms with van der Waals surface area (Å²) in [6, 6.07) is 0. The third-order valence-corrected chi connectivity index (χ3v) is 1.75. The minimum atomic E-state index is -0.523. The highest BCUT2D eigenvalue weighted by Crippen LogP contribution is 2.17. The van der Waals surface area contributed by atoms with E-state index in [9.17, 15) is 9.59 Å². The lowest BCUT2D eigenvalue weighted by atomic mass is 10.1. The Morgan fingerprint density at radius 2 is 2.50 bits per heavy atom. The molecule has 4 nitrogen and oxygen atoms in total. The first kappa shape index (κ1) is 8.77. The summed E-state index contributed by atoms with van der Waals surface area (Å²) in [6.07, 6.45) is 0.609. The van der Waals surface area contributed by atoms with Crippen molar-refractivity contribution < 1.29 is 19.1 Å². The molecule has 0 aromatic carbocycles. The number of hydrogen-bond acceptors (Lipinski definition) is 4. The molecule has 1 heterocycles. The average molecular weight is 170 g/mol. The van der Waals surface area contributed by atoms with Crippen LogP contribution in [0, 0.1) is 5.92 Å². The van der Waals surface area contributed by atoms with Crippen molar-refractivity contribution in [2.75, 3.05) is 6.61 Å². The van der Waals surface area contributed by atoms with Gasteiger partial charge in [-0.25, -0.2) is 4.79 Å². The van der Waals surface area contributed by atoms with Crippen molar-refractivity contribution >= 4 is 11.9 Å². The van der Waals surface area contributed by atoms with Crippen LogP contribution in [0.4, 0.5) is 0 Å². The van der Waals surface area contributed by atoms with Crippen molar-refractivity contribution in [3.8, 4) is 0 Å². The number of hydrogen-bond donors (Lipinski definition) is 0. The predicted octanol–water partition coefficient (Wildman–Crippen LogP) is 0.277. The van der Waals surface area contributed by atoms with Gasteiger partial charge in [-0.3, -0.25) is 4.79 Å². The van der Waals surface area contributed by atoms with Gasteiger partial charge in [0.15, 0.2) is 0 Å². The summed E-state index contributed by atoms with van der Waals surface area (Å²) in [5.41, 5.74) is 0. The van der Waals surface area contributed by atoms with Gasteiger partial charge >= 0.3 is 11.9 Å². The molecule has 0 aromatic heterocycles. The van der Waals surface area contributed by atoms with Crippen LogP contribution in [0.25, 0.3) is 0 Å². The molecule has 66 valence electrons. The molecular formula is C8H10O4. The quantitative estimate of drug-likeness (QED) is 0.441. The van der Waals surface area contributed by atoms with Crippen LogP contribution in [0.1, 0.15) is 6.92 Å². The van der Waals surface area contributed by atoms with Gasteiger partial charge in [0, 0.05) is 6.08 Å². The molecule has 0 amide bonds. The highest BCUT2D eigenvalue weighted by atomic mass is 16.6. The molecule has 0 saturated carbocycles. The highest BCUT2D eigenvalue weighted by Gasteiger charge is 2.35. The zero-order chi connectivity index (χ0) is 9.14. The second-order valence-electron chi connectivity index (χ2n) is 2.60. The number of carbonyl (C=O) groups excluding carboxylic acids is 2. The van der Waals surface area contributed by atoms with E-state index in [4.69, 9.17) is 4.74 Å². The summed E-state index contributed by atoms with van der Waals surface area (Å²) in [6.45, 7) is 5.06. The van der Waals surface area contributed by atoms with Gasteiger partial charge in [0.25, 0.3) is 0 Å². The molecule has 0 bridgehead atoms. The van der Waals surface area contributed by atoms with Gasteiger partial charge in [0.05, 0.1) is 5.92 Å². The molecule has 0 aliphatic carbocycles. The molecule has 12 heavy (non-hydrogen) atoms. The van der Waals surface area contributed by atoms with Crippen LogP contribution < -0.4 is 0 Å². The Bertz CT molecular complexity index is 221. The smallest absolute Gasteiger partial charge is 0.330 e. The number of ether oxygens (including phenoxy) is 2. The minimum absolute atomic E-state index is 0.152. The Hall–Kier alpha value is -1.32. The first-order chi connectivity index (χ1) is 5.65. The normalized spacial score (nSPS) is 27.9. The second kappa shape index (κ2) is 3.38. The molecule has 2 unspecified atom stereocenters. The average Bonchev–Trinajstić information content (AvgIpc) is 2.36. The van der Waals surface area contributed by atoms with E-state index in [1.54, 1.807) is 6.92 Å². The largest absolute Gasteiger partial charge is 0.461 e. The summed E-state index contributed by atoms with van der Waals surface area (Å²) in [5, 5.41) is 0. The van der Waals surface area contributed by atoms with E-state index >= 15 is 0 Å². The van der Waals surface area contributed by atoms with Crippen LogP contribution in [0.5, 0.6) is 0 Å². The van der Waals surface area contributed by atoms with Crippen molar-refractivity contribution in [1.29, 1.82) is 0 Å². The van der Waals surface area contributed by atoms with E-state index in [-0.39, 0.29) is 18.5 Å². The first-order valence-electron chi connectivity index (χ1n) is 3.65. The Labute approximate surface area is 70.1 Å². The van der Waals surface area contributed by atoms with Gasteiger partial charge in [0.2, 0.25) is 0 Å². The summed E-state index contributed by atoms with van der Waals surface area (Å²) < 4.78 is 9.51. The second-order valence-corrected chi connectivity index (χ2v) is 2.60. The molecule has 1 aliphatic heterocycles. The van der Waals surface area contributed by atoms with Crippen LogP contribution in [0.3, 0.4) is 0 Å². The molecule has 1 saturated heterocycles. The topological polar surface area (TPSA) is 52.6 Å². The van der Waals surface area contributed by atoms with Crippen molar-refractivity contribution in [1.82, 2.24) is 0 Å². The van der Waals surface area contributed by atoms with Gasteiger partial charge in [-0.2, -0.15) is 0 Å². The van der Waals surface area contributed by atoms with E-state index in [2.05, 4.69) is 11.3 Å². The number of esters is 2. The van der Waals surface area contributed by atoms with E-state index in [1.807, 2.05) is 0 Å². The maximum atomic E-state index is 10.8. The lowest BCUT2D eigenvalue weighted by Gasteiger charge is -2.10. The van der Waals surface area contributed by atoms with Crippen molar-refractivity contribution in [2.45, 2.75) is 13.0 Å². The van der Waals surface area contributed by atoms with Gasteiger partial charge in [-0.15, -0.1) is 0 Å². The van der Waals surface area contributed by atoms with Gasteiger partial charge in [0.1, 0.15) is 12.7 Å². The zero-order valence-corrected chi connectivity index (χ0v) is 6.78. The molecule has 0 N–H and O–H groups in total. The van der Waals surface area contributed by atoms with Crippen molar-refractivity contribution in [2.24, 2.45) is 5.92 Å². The van der Waals surface area contributed by atoms with Crippen LogP contribution in [0.15, 0.2) is 12.7 Å². The maximum Gasteiger partial charge on any atom is 0.330 e. The number of cyclic esters (lactones) is 1. The molecular weight excluding hydrogens is 160 g/mol. The SMILES string of the molecule is C=CC(=O)OC1COC(=O)C1C. The van der Waals surface area contributed by atoms with Crippen LogP contribution in [-0.2, 0) is 19.1 Å². The Kier molecular flexibility index (Phi) is 2.47. The number of rotatable bonds is 2. The molecule has 1 fully saturated rings. The van der Waals surface area contributed by atoms with Crippen LogP contribution in [0.2, 0.25) is 0 Å². The first-order valence-corrected chi connectivity index (χ1v) is 3.65. The minimum Gasteiger partial charge on any atom is -0.461 e. The number of carbonyl (C=O) groups is 2. The molecule has 1 rings (SSSR count). The molecule has 4 heteroatoms. The fraction of sp³-hybridized carbons (Fsp3) is 0.500. The maximum absolute atomic E-state index is 10.8. The van der Waals surface area contributed by atoms with E-state index < -0.39 is 12.1 Å². The molecule has 2 atom stereocenters. The van der Waals surface area contributed by atoms with Crippen LogP contribution >= 0.6 is 0 Å². The monoisotopic (exact) mass is 170 g/mol. The van der Waals surface area contributed by atoms with Gasteiger partial charge in [-0.1, -0.05) is 6.58 Å². The summed E-state index contributed by atoms with van der Waals surface area (Å²) >= 11 is 0. The Morgan fingerprint density at radius 1 is 1.83 bits per heavy atom. The lowest BCUT2D eigenvalue weighted by molar-refractivity contribution is -0.144. The van der Waals surface area contributed by atoms with Crippen LogP contribution in [-0.4, -0.2) is 24.6 Å². The Morgan fingerprint density at radius 3 is 2.92 bits per heavy atom. The molecule has 0 aromatic rings. The highest BCUT2D eigenvalue weighted by molar-refractivity contribution is 5.82. The summed E-state index contributed by atoms with van der Waals surface area (Å²) in [5.74, 6) is -1.21. The van der Waals surface area contributed by atoms with E-state index in [0.717, 1.165) is 6.08 Å². The van der Waals surface area contributed by atoms with Gasteiger partial charge < -0.3 is 9.47 Å². The third kappa shape index (κ3) is 1.64. The van der Waals surface area contributed by atoms with Crippen molar-refractivity contribution in [3.05, 3.63) is 12.7 Å². The van der Waals surface area contributed by atoms with E-state index in [0.29, 0.717) is 0 Å². The fourth-order valence-electron chi connectivity index (χ4n) is 0.925. The third-order valence-electron chi connectivity index (χ3n) is 1.75. The zero-order valence-electron chi connectivity index (χ0n) is 6.78. The molecule has 0 radical (unpaired) electrons. The molecule has 0 spiro atoms. The summed E-state index contributed by atoms with van der Waals surface area (Å²) in [7, 11) is 0. The predicted molar refractivity (Wildman–Crippen MR) is 40.2 cm³/mol. The lowest BCUT2D eigenvalue weighted by Crippen LogP contribution is -2.23. The van der Waals surface area contributed by atoms with Crippen molar-refractivity contribution in [3.63, 3.8) is 0 Å².